The van der Waals surface area contributed by atoms with Gasteiger partial charge < -0.3 is 19.4 Å². The molecule has 8 heteroatoms. The highest BCUT2D eigenvalue weighted by atomic mass is 16.9. The molecule has 146 valence electrons. The number of ether oxygens (including phenoxy) is 3. The number of rotatable bonds is 7. The van der Waals surface area contributed by atoms with Gasteiger partial charge in [-0.25, -0.2) is 4.79 Å². The summed E-state index contributed by atoms with van der Waals surface area (Å²) in [6, 6.07) is 26.3. The van der Waals surface area contributed by atoms with Crippen LogP contribution >= 0.6 is 0 Å². The van der Waals surface area contributed by atoms with Crippen LogP contribution in [0, 0.1) is 0 Å². The Hall–Kier alpha value is -4.20. The second-order valence-corrected chi connectivity index (χ2v) is 6.02. The van der Waals surface area contributed by atoms with Crippen LogP contribution in [0.15, 0.2) is 102 Å². The molecule has 0 aliphatic carbocycles. The fraction of sp³-hybridized carbons (Fsp3) is 0.0476. The summed E-state index contributed by atoms with van der Waals surface area (Å²) < 4.78 is 19.1. The van der Waals surface area contributed by atoms with Crippen molar-refractivity contribution in [2.45, 2.75) is 6.10 Å². The Kier molecular flexibility index (Phi) is 4.90. The van der Waals surface area contributed by atoms with Gasteiger partial charge in [-0.1, -0.05) is 54.6 Å². The summed E-state index contributed by atoms with van der Waals surface area (Å²) in [4.78, 5) is 13.1. The van der Waals surface area contributed by atoms with Crippen molar-refractivity contribution in [2.24, 2.45) is 0 Å². The van der Waals surface area contributed by atoms with Crippen LogP contribution in [0.4, 0.5) is 0 Å². The molecule has 29 heavy (non-hydrogen) atoms. The second kappa shape index (κ2) is 7.81. The van der Waals surface area contributed by atoms with E-state index in [9.17, 15) is 10.0 Å². The number of benzene rings is 3. The highest BCUT2D eigenvalue weighted by Crippen LogP contribution is 2.28. The van der Waals surface area contributed by atoms with Gasteiger partial charge >= 0.3 is 11.7 Å². The van der Waals surface area contributed by atoms with Gasteiger partial charge in [0, 0.05) is 9.53 Å². The molecule has 0 atom stereocenters. The number of para-hydroxylation sites is 3. The average Bonchev–Trinajstić information content (AvgIpc) is 3.09. The molecule has 1 aromatic heterocycles. The number of nitrogens with one attached hydrogen (secondary N) is 1. The number of hydrogen-bond acceptors (Lipinski definition) is 5. The van der Waals surface area contributed by atoms with Gasteiger partial charge in [0.05, 0.1) is 0 Å². The summed E-state index contributed by atoms with van der Waals surface area (Å²) in [7, 11) is 0. The molecular formula is C21H18N3O5+. The van der Waals surface area contributed by atoms with Crippen LogP contribution in [-0.4, -0.2) is 15.1 Å². The molecule has 0 amide bonds. The van der Waals surface area contributed by atoms with Crippen LogP contribution in [0.2, 0.25) is 0 Å². The first-order chi connectivity index (χ1) is 14.1. The molecule has 0 spiro atoms. The zero-order valence-electron chi connectivity index (χ0n) is 15.2. The van der Waals surface area contributed by atoms with Crippen LogP contribution in [0.1, 0.15) is 0 Å². The van der Waals surface area contributed by atoms with E-state index >= 15 is 0 Å². The predicted molar refractivity (Wildman–Crippen MR) is 102 cm³/mol. The van der Waals surface area contributed by atoms with E-state index in [1.807, 2.05) is 18.2 Å². The molecule has 0 unspecified atom stereocenters. The molecule has 1 heterocycles. The monoisotopic (exact) mass is 392 g/mol. The number of aromatic amines is 1. The average molecular weight is 392 g/mol. The number of H-pyrrole nitrogens is 1. The van der Waals surface area contributed by atoms with E-state index in [0.717, 1.165) is 10.9 Å². The minimum absolute atomic E-state index is 0.380. The molecule has 4 rings (SSSR count). The molecule has 3 aromatic carbocycles. The first-order valence-corrected chi connectivity index (χ1v) is 8.80. The highest BCUT2D eigenvalue weighted by molar-refractivity contribution is 5.25. The Morgan fingerprint density at radius 3 is 1.41 bits per heavy atom. The Morgan fingerprint density at radius 1 is 0.724 bits per heavy atom. The van der Waals surface area contributed by atoms with Crippen LogP contribution in [0.5, 0.6) is 17.2 Å². The molecule has 0 saturated heterocycles. The van der Waals surface area contributed by atoms with Crippen LogP contribution < -0.4 is 24.6 Å². The van der Waals surface area contributed by atoms with Crippen molar-refractivity contribution >= 4 is 0 Å². The third-order valence-electron chi connectivity index (χ3n) is 3.90. The van der Waals surface area contributed by atoms with Gasteiger partial charge in [-0.15, -0.1) is 0 Å². The topological polar surface area (TPSA) is 89.6 Å². The fourth-order valence-electron chi connectivity index (χ4n) is 2.65. The predicted octanol–water partition coefficient (Wildman–Crippen LogP) is 2.51. The first-order valence-electron chi connectivity index (χ1n) is 8.80. The van der Waals surface area contributed by atoms with Gasteiger partial charge in [-0.05, 0) is 41.6 Å². The summed E-state index contributed by atoms with van der Waals surface area (Å²) in [6.45, 7) is 0. The molecule has 0 aliphatic rings. The van der Waals surface area contributed by atoms with E-state index in [2.05, 4.69) is 5.21 Å². The minimum Gasteiger partial charge on any atom is -0.382 e. The SMILES string of the molecule is O=c1c[n+](O)[nH]n1C(Oc1ccccc1)(Oc1ccccc1)Oc1ccccc1. The fourth-order valence-corrected chi connectivity index (χ4v) is 2.65. The largest absolute Gasteiger partial charge is 0.621 e. The molecule has 0 radical (unpaired) electrons. The number of aromatic nitrogens is 3. The van der Waals surface area contributed by atoms with Crippen molar-refractivity contribution in [1.29, 1.82) is 0 Å². The van der Waals surface area contributed by atoms with Crippen LogP contribution in [0.3, 0.4) is 0 Å². The molecular weight excluding hydrogens is 374 g/mol. The van der Waals surface area contributed by atoms with E-state index < -0.39 is 11.7 Å². The maximum Gasteiger partial charge on any atom is 0.621 e. The summed E-state index contributed by atoms with van der Waals surface area (Å²) in [5, 5.41) is 12.2. The minimum atomic E-state index is -2.12. The lowest BCUT2D eigenvalue weighted by atomic mass is 10.3. The smallest absolute Gasteiger partial charge is 0.382 e. The standard InChI is InChI=1S/C21H17N3O5/c25-20-16-23(26)22-24(20)21(27-17-10-4-1-5-11-17,28-18-12-6-2-7-13-18)29-19-14-8-3-9-15-19/h1-16H,(H-,22,25,26)/p+1. The lowest BCUT2D eigenvalue weighted by Crippen LogP contribution is -2.55. The van der Waals surface area contributed by atoms with Crippen molar-refractivity contribution in [3.8, 4) is 17.2 Å². The molecule has 4 aromatic rings. The summed E-state index contributed by atoms with van der Waals surface area (Å²) >= 11 is 0. The molecule has 8 nitrogen and oxygen atoms in total. The van der Waals surface area contributed by atoms with Gasteiger partial charge in [0.1, 0.15) is 17.2 Å². The van der Waals surface area contributed by atoms with Crippen molar-refractivity contribution in [3.05, 3.63) is 108 Å². The number of hydrogen-bond donors (Lipinski definition) is 2. The zero-order chi connectivity index (χ0) is 20.1. The van der Waals surface area contributed by atoms with E-state index in [-0.39, 0.29) is 0 Å². The van der Waals surface area contributed by atoms with E-state index in [1.54, 1.807) is 72.8 Å². The van der Waals surface area contributed by atoms with Crippen molar-refractivity contribution in [2.75, 3.05) is 0 Å². The molecule has 0 saturated carbocycles. The zero-order valence-corrected chi connectivity index (χ0v) is 15.2. The first kappa shape index (κ1) is 18.2. The van der Waals surface area contributed by atoms with Crippen molar-refractivity contribution in [1.82, 2.24) is 9.90 Å². The maximum absolute atomic E-state index is 12.6. The van der Waals surface area contributed by atoms with Crippen LogP contribution in [-0.2, 0) is 6.10 Å². The summed E-state index contributed by atoms with van der Waals surface area (Å²) in [5.41, 5.74) is -0.643. The van der Waals surface area contributed by atoms with E-state index in [4.69, 9.17) is 14.2 Å². The molecule has 0 aliphatic heterocycles. The normalized spacial score (nSPS) is 11.0. The third kappa shape index (κ3) is 4.06. The summed E-state index contributed by atoms with van der Waals surface area (Å²) in [6.07, 6.45) is -1.19. The maximum atomic E-state index is 12.6. The molecule has 0 bridgehead atoms. The van der Waals surface area contributed by atoms with Crippen molar-refractivity contribution < 1.29 is 24.3 Å². The second-order valence-electron chi connectivity index (χ2n) is 6.02. The van der Waals surface area contributed by atoms with Crippen molar-refractivity contribution in [3.63, 3.8) is 0 Å². The molecule has 2 N–H and O–H groups in total. The van der Waals surface area contributed by atoms with Gasteiger partial charge in [-0.3, -0.25) is 0 Å². The van der Waals surface area contributed by atoms with Crippen LogP contribution in [0.25, 0.3) is 0 Å². The quantitative estimate of drug-likeness (QED) is 0.287. The Balaban J connectivity index is 1.87. The van der Waals surface area contributed by atoms with Gasteiger partial charge in [-0.2, -0.15) is 0 Å². The van der Waals surface area contributed by atoms with Gasteiger partial charge in [0.15, 0.2) is 0 Å². The Labute approximate surface area is 165 Å². The lowest BCUT2D eigenvalue weighted by molar-refractivity contribution is -0.950. The van der Waals surface area contributed by atoms with E-state index in [0.29, 0.717) is 22.1 Å². The summed E-state index contributed by atoms with van der Waals surface area (Å²) in [5.74, 6) is 1.14. The van der Waals surface area contributed by atoms with Gasteiger partial charge in [0.2, 0.25) is 0 Å². The molecule has 0 fully saturated rings. The van der Waals surface area contributed by atoms with Gasteiger partial charge in [0.25, 0.3) is 6.20 Å². The lowest BCUT2D eigenvalue weighted by Gasteiger charge is -2.28. The highest BCUT2D eigenvalue weighted by Gasteiger charge is 2.51. The Bertz CT molecular complexity index is 1010. The number of nitrogens with zero attached hydrogens (tertiary/aromatic N) is 2. The van der Waals surface area contributed by atoms with E-state index in [1.165, 1.54) is 0 Å². The third-order valence-corrected chi connectivity index (χ3v) is 3.90. The Morgan fingerprint density at radius 2 is 1.10 bits per heavy atom.